The Morgan fingerprint density at radius 2 is 2.36 bits per heavy atom. The maximum Gasteiger partial charge on any atom is 0.250 e. The highest BCUT2D eigenvalue weighted by molar-refractivity contribution is 5.92. The van der Waals surface area contributed by atoms with Crippen LogP contribution < -0.4 is 11.1 Å². The number of primary amides is 1. The lowest BCUT2D eigenvalue weighted by atomic mass is 10.2. The van der Waals surface area contributed by atoms with Gasteiger partial charge in [-0.3, -0.25) is 4.79 Å². The number of carbonyl (C=O) groups excluding carboxylic acids is 1. The molecule has 74 valence electrons. The van der Waals surface area contributed by atoms with E-state index >= 15 is 0 Å². The van der Waals surface area contributed by atoms with E-state index in [-0.39, 0.29) is 0 Å². The molecule has 0 bridgehead atoms. The monoisotopic (exact) mass is 191 g/mol. The number of carbonyl (C=O) groups is 1. The second-order valence-electron chi connectivity index (χ2n) is 3.11. The molecule has 1 aromatic rings. The van der Waals surface area contributed by atoms with Gasteiger partial charge in [0.2, 0.25) is 5.91 Å². The first-order chi connectivity index (χ1) is 6.59. The van der Waals surface area contributed by atoms with Crippen LogP contribution in [0.3, 0.4) is 0 Å². The number of hydrogen-bond donors (Lipinski definition) is 2. The zero-order valence-corrected chi connectivity index (χ0v) is 8.08. The normalized spacial score (nSPS) is 9.50. The molecular weight excluding hydrogens is 178 g/mol. The van der Waals surface area contributed by atoms with Crippen LogP contribution in [0.25, 0.3) is 0 Å². The Balaban J connectivity index is 2.64. The summed E-state index contributed by atoms with van der Waals surface area (Å²) in [5.41, 5.74) is 6.50. The number of anilines is 1. The summed E-state index contributed by atoms with van der Waals surface area (Å²) in [7, 11) is 0. The van der Waals surface area contributed by atoms with E-state index < -0.39 is 5.91 Å². The molecule has 1 amide bonds. The maximum absolute atomic E-state index is 10.7. The average Bonchev–Trinajstić information content (AvgIpc) is 2.15. The van der Waals surface area contributed by atoms with Gasteiger partial charge in [-0.1, -0.05) is 12.2 Å². The number of hydrogen-bond acceptors (Lipinski definition) is 3. The molecule has 4 heteroatoms. The van der Waals surface area contributed by atoms with Crippen LogP contribution in [-0.4, -0.2) is 17.4 Å². The molecule has 0 fully saturated rings. The van der Waals surface area contributed by atoms with Crippen molar-refractivity contribution in [3.63, 3.8) is 0 Å². The molecule has 14 heavy (non-hydrogen) atoms. The van der Waals surface area contributed by atoms with Crippen LogP contribution in [0.4, 0.5) is 5.82 Å². The highest BCUT2D eigenvalue weighted by Gasteiger charge is 1.99. The van der Waals surface area contributed by atoms with E-state index in [1.54, 1.807) is 12.1 Å². The molecular formula is C10H13N3O. The van der Waals surface area contributed by atoms with Gasteiger partial charge in [0, 0.05) is 12.7 Å². The van der Waals surface area contributed by atoms with E-state index in [2.05, 4.69) is 16.9 Å². The lowest BCUT2D eigenvalue weighted by Crippen LogP contribution is -2.11. The number of aromatic nitrogens is 1. The van der Waals surface area contributed by atoms with Crippen LogP contribution in [0, 0.1) is 0 Å². The molecule has 0 atom stereocenters. The zero-order chi connectivity index (χ0) is 10.6. The average molecular weight is 191 g/mol. The molecule has 1 heterocycles. The Bertz CT molecular complexity index is 343. The fourth-order valence-corrected chi connectivity index (χ4v) is 0.886. The van der Waals surface area contributed by atoms with Crippen LogP contribution in [-0.2, 0) is 0 Å². The first-order valence-electron chi connectivity index (χ1n) is 4.23. The molecule has 0 spiro atoms. The maximum atomic E-state index is 10.7. The van der Waals surface area contributed by atoms with Gasteiger partial charge in [-0.25, -0.2) is 4.98 Å². The first-order valence-corrected chi connectivity index (χ1v) is 4.23. The summed E-state index contributed by atoms with van der Waals surface area (Å²) in [5.74, 6) is 0.238. The van der Waals surface area contributed by atoms with Crippen molar-refractivity contribution in [1.82, 2.24) is 4.98 Å². The number of nitrogens with one attached hydrogen (secondary N) is 1. The number of nitrogens with two attached hydrogens (primary N) is 1. The minimum Gasteiger partial charge on any atom is -0.366 e. The Labute approximate surface area is 82.8 Å². The molecule has 0 aromatic carbocycles. The van der Waals surface area contributed by atoms with Gasteiger partial charge in [-0.05, 0) is 19.1 Å². The van der Waals surface area contributed by atoms with Crippen LogP contribution >= 0.6 is 0 Å². The summed E-state index contributed by atoms with van der Waals surface area (Å²) in [6.45, 7) is 6.34. The second-order valence-corrected chi connectivity index (χ2v) is 3.11. The number of amides is 1. The minimum absolute atomic E-state index is 0.408. The molecule has 0 radical (unpaired) electrons. The Kier molecular flexibility index (Phi) is 3.23. The van der Waals surface area contributed by atoms with Gasteiger partial charge in [-0.2, -0.15) is 0 Å². The predicted molar refractivity (Wildman–Crippen MR) is 56.1 cm³/mol. The Hall–Kier alpha value is -1.84. The van der Waals surface area contributed by atoms with Gasteiger partial charge in [0.1, 0.15) is 5.82 Å². The lowest BCUT2D eigenvalue weighted by molar-refractivity contribution is 0.1000. The van der Waals surface area contributed by atoms with Crippen molar-refractivity contribution in [3.8, 4) is 0 Å². The third kappa shape index (κ3) is 2.90. The van der Waals surface area contributed by atoms with Crippen molar-refractivity contribution in [2.75, 3.05) is 11.9 Å². The minimum atomic E-state index is -0.469. The van der Waals surface area contributed by atoms with Crippen LogP contribution in [0.2, 0.25) is 0 Å². The molecule has 0 aliphatic carbocycles. The summed E-state index contributed by atoms with van der Waals surface area (Å²) in [4.78, 5) is 14.7. The fraction of sp³-hybridized carbons (Fsp3) is 0.200. The fourth-order valence-electron chi connectivity index (χ4n) is 0.886. The van der Waals surface area contributed by atoms with E-state index in [4.69, 9.17) is 5.73 Å². The van der Waals surface area contributed by atoms with E-state index in [9.17, 15) is 4.79 Å². The third-order valence-corrected chi connectivity index (χ3v) is 1.62. The van der Waals surface area contributed by atoms with E-state index in [1.165, 1.54) is 6.20 Å². The van der Waals surface area contributed by atoms with Gasteiger partial charge in [-0.15, -0.1) is 0 Å². The highest BCUT2D eigenvalue weighted by atomic mass is 16.1. The second kappa shape index (κ2) is 4.41. The largest absolute Gasteiger partial charge is 0.366 e. The quantitative estimate of drug-likeness (QED) is 0.702. The highest BCUT2D eigenvalue weighted by Crippen LogP contribution is 2.04. The smallest absolute Gasteiger partial charge is 0.250 e. The summed E-state index contributed by atoms with van der Waals surface area (Å²) in [6, 6.07) is 3.35. The van der Waals surface area contributed by atoms with Crippen molar-refractivity contribution >= 4 is 11.7 Å². The lowest BCUT2D eigenvalue weighted by Gasteiger charge is -2.04. The van der Waals surface area contributed by atoms with Crippen molar-refractivity contribution < 1.29 is 4.79 Å². The van der Waals surface area contributed by atoms with E-state index in [0.717, 1.165) is 5.57 Å². The standard InChI is InChI=1S/C10H13N3O/c1-7(2)5-12-9-4-3-8(6-13-9)10(11)14/h3-4,6H,1,5H2,2H3,(H2,11,14)(H,12,13). The van der Waals surface area contributed by atoms with E-state index in [0.29, 0.717) is 17.9 Å². The summed E-state index contributed by atoms with van der Waals surface area (Å²) in [6.07, 6.45) is 1.45. The van der Waals surface area contributed by atoms with Gasteiger partial charge in [0.25, 0.3) is 0 Å². The van der Waals surface area contributed by atoms with Crippen molar-refractivity contribution in [2.45, 2.75) is 6.92 Å². The van der Waals surface area contributed by atoms with Crippen molar-refractivity contribution in [3.05, 3.63) is 36.0 Å². The molecule has 0 aliphatic rings. The van der Waals surface area contributed by atoms with Crippen molar-refractivity contribution in [1.29, 1.82) is 0 Å². The third-order valence-electron chi connectivity index (χ3n) is 1.62. The zero-order valence-electron chi connectivity index (χ0n) is 8.08. The Morgan fingerprint density at radius 3 is 2.79 bits per heavy atom. The van der Waals surface area contributed by atoms with E-state index in [1.807, 2.05) is 6.92 Å². The number of pyridine rings is 1. The van der Waals surface area contributed by atoms with Crippen molar-refractivity contribution in [2.24, 2.45) is 5.73 Å². The first kappa shape index (κ1) is 10.2. The molecule has 0 saturated heterocycles. The molecule has 1 aromatic heterocycles. The molecule has 0 unspecified atom stereocenters. The molecule has 4 nitrogen and oxygen atoms in total. The molecule has 3 N–H and O–H groups in total. The summed E-state index contributed by atoms with van der Waals surface area (Å²) < 4.78 is 0. The van der Waals surface area contributed by atoms with Crippen LogP contribution in [0.1, 0.15) is 17.3 Å². The van der Waals surface area contributed by atoms with Gasteiger partial charge >= 0.3 is 0 Å². The van der Waals surface area contributed by atoms with Gasteiger partial charge in [0.05, 0.1) is 5.56 Å². The predicted octanol–water partition coefficient (Wildman–Crippen LogP) is 1.17. The van der Waals surface area contributed by atoms with Gasteiger partial charge < -0.3 is 11.1 Å². The molecule has 0 aliphatic heterocycles. The molecule has 1 rings (SSSR count). The SMILES string of the molecule is C=C(C)CNc1ccc(C(N)=O)cn1. The molecule has 0 saturated carbocycles. The van der Waals surface area contributed by atoms with Crippen LogP contribution in [0.15, 0.2) is 30.5 Å². The topological polar surface area (TPSA) is 68.0 Å². The summed E-state index contributed by atoms with van der Waals surface area (Å²) >= 11 is 0. The number of rotatable bonds is 4. The van der Waals surface area contributed by atoms with Gasteiger partial charge in [0.15, 0.2) is 0 Å². The summed E-state index contributed by atoms with van der Waals surface area (Å²) in [5, 5.41) is 3.05. The Morgan fingerprint density at radius 1 is 1.64 bits per heavy atom. The number of nitrogens with zero attached hydrogens (tertiary/aromatic N) is 1. The van der Waals surface area contributed by atoms with Crippen LogP contribution in [0.5, 0.6) is 0 Å².